The monoisotopic (exact) mass is 912 g/mol. The Morgan fingerprint density at radius 3 is 2.27 bits per heavy atom. The number of pyridine rings is 2. The molecule has 0 unspecified atom stereocenters. The Morgan fingerprint density at radius 2 is 1.50 bits per heavy atom. The van der Waals surface area contributed by atoms with E-state index in [0.29, 0.717) is 0 Å². The standard InChI is InChI=1S/C37H34NO.C15H16N.Ir/c1-36(2)30-11-8-20-38-33(30)29-19-18-28-27-17-14-23-12-13-25-21-24(22-9-6-5-7-10-22)15-16-26(25)31(23)34(27)39-35(28)32(29)37(36,3)4;1-15(2,3)13-9-10-16-14(11-13)12-7-5-4-6-8-12;/h8,11-18,20-22H,5-7,9-10H2,1-4H3;4-7,9-11H,1-3H3;/q2*-1;/i22D;;. The molecule has 0 amide bonds. The van der Waals surface area contributed by atoms with Gasteiger partial charge in [-0.3, -0.25) is 0 Å². The van der Waals surface area contributed by atoms with Gasteiger partial charge < -0.3 is 14.4 Å². The van der Waals surface area contributed by atoms with Crippen LogP contribution in [0.2, 0.25) is 0 Å². The molecule has 8 aromatic rings. The average Bonchev–Trinajstić information content (AvgIpc) is 3.59. The summed E-state index contributed by atoms with van der Waals surface area (Å²) >= 11 is 0. The number of aromatic nitrogens is 2. The Balaban J connectivity index is 0.000000226. The Bertz CT molecular complexity index is 2790. The fraction of sp³-hybridized carbons (Fsp3) is 0.308. The van der Waals surface area contributed by atoms with Crippen molar-refractivity contribution in [3.05, 3.63) is 144 Å². The third-order valence-corrected chi connectivity index (χ3v) is 12.9. The Labute approximate surface area is 346 Å². The maximum absolute atomic E-state index is 9.19. The zero-order valence-corrected chi connectivity index (χ0v) is 36.0. The number of rotatable bonds is 2. The van der Waals surface area contributed by atoms with Crippen molar-refractivity contribution in [2.45, 2.75) is 103 Å². The van der Waals surface area contributed by atoms with E-state index in [0.717, 1.165) is 81.1 Å². The van der Waals surface area contributed by atoms with Crippen molar-refractivity contribution in [2.24, 2.45) is 0 Å². The molecule has 0 N–H and O–H groups in total. The van der Waals surface area contributed by atoms with E-state index < -0.39 is 5.89 Å². The molecule has 0 atom stereocenters. The molecule has 1 saturated carbocycles. The number of benzene rings is 5. The van der Waals surface area contributed by atoms with Crippen LogP contribution in [0.25, 0.3) is 66.0 Å². The molecule has 2 aliphatic carbocycles. The van der Waals surface area contributed by atoms with E-state index in [1.807, 2.05) is 42.7 Å². The number of fused-ring (bicyclic) bond motifs is 11. The molecular weight excluding hydrogens is 861 g/mol. The van der Waals surface area contributed by atoms with Crippen LogP contribution in [0.3, 0.4) is 0 Å². The zero-order valence-electron chi connectivity index (χ0n) is 34.6. The maximum Gasteiger partial charge on any atom is 0.132 e. The second-order valence-electron chi connectivity index (χ2n) is 17.7. The molecule has 3 aromatic heterocycles. The third kappa shape index (κ3) is 6.30. The van der Waals surface area contributed by atoms with Crippen LogP contribution in [0, 0.1) is 12.1 Å². The van der Waals surface area contributed by atoms with Gasteiger partial charge in [-0.05, 0) is 91.2 Å². The van der Waals surface area contributed by atoms with Crippen molar-refractivity contribution >= 4 is 43.5 Å². The first-order valence-corrected chi connectivity index (χ1v) is 19.9. The van der Waals surface area contributed by atoms with Crippen LogP contribution >= 0.6 is 0 Å². The van der Waals surface area contributed by atoms with Crippen LogP contribution < -0.4 is 0 Å². The summed E-state index contributed by atoms with van der Waals surface area (Å²) in [6.07, 6.45) is 9.20. The second kappa shape index (κ2) is 14.4. The molecule has 2 aliphatic rings. The van der Waals surface area contributed by atoms with Gasteiger partial charge in [0, 0.05) is 39.3 Å². The van der Waals surface area contributed by atoms with E-state index in [1.54, 1.807) is 0 Å². The van der Waals surface area contributed by atoms with Crippen LogP contribution in [0.4, 0.5) is 0 Å². The van der Waals surface area contributed by atoms with E-state index >= 15 is 0 Å². The molecule has 56 heavy (non-hydrogen) atoms. The van der Waals surface area contributed by atoms with Gasteiger partial charge in [-0.2, -0.15) is 0 Å². The third-order valence-electron chi connectivity index (χ3n) is 12.9. The number of nitrogens with zero attached hydrogens (tertiary/aromatic N) is 2. The van der Waals surface area contributed by atoms with E-state index in [1.165, 1.54) is 39.3 Å². The molecule has 10 rings (SSSR count). The van der Waals surface area contributed by atoms with Gasteiger partial charge in [0.2, 0.25) is 0 Å². The van der Waals surface area contributed by atoms with Gasteiger partial charge in [0.1, 0.15) is 5.58 Å². The fourth-order valence-corrected chi connectivity index (χ4v) is 9.00. The Morgan fingerprint density at radius 1 is 0.732 bits per heavy atom. The molecular formula is C52H50IrN2O-2. The van der Waals surface area contributed by atoms with Crippen molar-refractivity contribution in [2.75, 3.05) is 0 Å². The summed E-state index contributed by atoms with van der Waals surface area (Å²) in [4.78, 5) is 9.23. The van der Waals surface area contributed by atoms with Crippen molar-refractivity contribution in [1.82, 2.24) is 9.97 Å². The van der Waals surface area contributed by atoms with Crippen LogP contribution in [0.5, 0.6) is 0 Å². The summed E-state index contributed by atoms with van der Waals surface area (Å²) in [6, 6.07) is 40.9. The van der Waals surface area contributed by atoms with Gasteiger partial charge in [-0.1, -0.05) is 139 Å². The van der Waals surface area contributed by atoms with Crippen LogP contribution in [-0.2, 0) is 36.4 Å². The summed E-state index contributed by atoms with van der Waals surface area (Å²) in [5.41, 5.74) is 10.7. The predicted octanol–water partition coefficient (Wildman–Crippen LogP) is 14.2. The van der Waals surface area contributed by atoms with Gasteiger partial charge in [0.15, 0.2) is 0 Å². The van der Waals surface area contributed by atoms with Gasteiger partial charge in [0.25, 0.3) is 0 Å². The van der Waals surface area contributed by atoms with Crippen LogP contribution in [0.15, 0.2) is 114 Å². The molecule has 3 nitrogen and oxygen atoms in total. The molecule has 0 bridgehead atoms. The summed E-state index contributed by atoms with van der Waals surface area (Å²) in [5, 5.41) is 6.94. The molecule has 1 fully saturated rings. The fourth-order valence-electron chi connectivity index (χ4n) is 9.00. The largest absolute Gasteiger partial charge is 0.475 e. The van der Waals surface area contributed by atoms with Crippen molar-refractivity contribution in [3.63, 3.8) is 0 Å². The first kappa shape index (κ1) is 37.0. The minimum absolute atomic E-state index is 0. The number of furan rings is 1. The molecule has 0 aliphatic heterocycles. The van der Waals surface area contributed by atoms with Crippen LogP contribution in [-0.4, -0.2) is 9.97 Å². The minimum atomic E-state index is -0.468. The molecule has 3 heterocycles. The minimum Gasteiger partial charge on any atom is -0.475 e. The molecule has 5 aromatic carbocycles. The topological polar surface area (TPSA) is 38.9 Å². The molecule has 0 saturated heterocycles. The maximum atomic E-state index is 9.19. The average molecular weight is 912 g/mol. The van der Waals surface area contributed by atoms with Crippen molar-refractivity contribution in [3.8, 4) is 22.5 Å². The van der Waals surface area contributed by atoms with Crippen molar-refractivity contribution in [1.29, 1.82) is 0 Å². The summed E-state index contributed by atoms with van der Waals surface area (Å²) < 4.78 is 16.2. The van der Waals surface area contributed by atoms with E-state index in [4.69, 9.17) is 9.40 Å². The van der Waals surface area contributed by atoms with E-state index in [2.05, 4.69) is 132 Å². The van der Waals surface area contributed by atoms with Gasteiger partial charge >= 0.3 is 0 Å². The smallest absolute Gasteiger partial charge is 0.132 e. The van der Waals surface area contributed by atoms with Crippen LogP contribution in [0.1, 0.15) is 110 Å². The summed E-state index contributed by atoms with van der Waals surface area (Å²) in [6.45, 7) is 15.9. The van der Waals surface area contributed by atoms with Crippen molar-refractivity contribution < 1.29 is 25.9 Å². The SMILES string of the molecule is CC(C)(C)c1ccnc(-c2[c-]cccc2)c1.[2H]C1(c2ccc3c(ccc4ccc5c6c[c-]c7c(c6oc5c43)C(C)(C)C(C)(C)c3cccnc3-7)c2)CCCCC1.[Ir]. The Kier molecular flexibility index (Phi) is 9.50. The first-order chi connectivity index (χ1) is 26.8. The summed E-state index contributed by atoms with van der Waals surface area (Å²) in [5.74, 6) is -0.468. The molecule has 4 heteroatoms. The van der Waals surface area contributed by atoms with Gasteiger partial charge in [0.05, 0.1) is 5.58 Å². The molecule has 1 radical (unpaired) electrons. The molecule has 0 spiro atoms. The van der Waals surface area contributed by atoms with Gasteiger partial charge in [-0.25, -0.2) is 0 Å². The summed E-state index contributed by atoms with van der Waals surface area (Å²) in [7, 11) is 0. The number of hydrogen-bond acceptors (Lipinski definition) is 3. The second-order valence-corrected chi connectivity index (χ2v) is 17.7. The quantitative estimate of drug-likeness (QED) is 0.128. The number of hydrogen-bond donors (Lipinski definition) is 0. The van der Waals surface area contributed by atoms with Gasteiger partial charge in [-0.15, -0.1) is 53.6 Å². The first-order valence-electron chi connectivity index (χ1n) is 20.4. The van der Waals surface area contributed by atoms with E-state index in [9.17, 15) is 1.37 Å². The van der Waals surface area contributed by atoms with E-state index in [-0.39, 0.29) is 36.4 Å². The molecule has 285 valence electrons. The predicted molar refractivity (Wildman–Crippen MR) is 230 cm³/mol. The zero-order chi connectivity index (χ0) is 39.0. The normalized spacial score (nSPS) is 17.0. The Hall–Kier alpha value is -4.63.